The molecule has 1 aromatic carbocycles. The lowest BCUT2D eigenvalue weighted by Gasteiger charge is -2.25. The lowest BCUT2D eigenvalue weighted by molar-refractivity contribution is 0.202. The Labute approximate surface area is 127 Å². The molecule has 0 unspecified atom stereocenters. The average Bonchev–Trinajstić information content (AvgIpc) is 2.97. The molecule has 0 saturated heterocycles. The van der Waals surface area contributed by atoms with E-state index in [1.54, 1.807) is 11.1 Å². The van der Waals surface area contributed by atoms with Gasteiger partial charge in [0, 0.05) is 41.4 Å². The van der Waals surface area contributed by atoms with Gasteiger partial charge in [-0.15, -0.1) is 0 Å². The van der Waals surface area contributed by atoms with E-state index in [1.807, 2.05) is 24.3 Å². The summed E-state index contributed by atoms with van der Waals surface area (Å²) in [7, 11) is 0. The Hall–Kier alpha value is -2.89. The van der Waals surface area contributed by atoms with E-state index in [4.69, 9.17) is 5.73 Å². The van der Waals surface area contributed by atoms with Gasteiger partial charge in [-0.25, -0.2) is 4.79 Å². The number of carbonyl (C=O) groups is 1. The predicted molar refractivity (Wildman–Crippen MR) is 83.0 cm³/mol. The molecule has 110 valence electrons. The first kappa shape index (κ1) is 12.8. The molecular weight excluding hydrogens is 278 g/mol. The second-order valence-corrected chi connectivity index (χ2v) is 5.45. The van der Waals surface area contributed by atoms with Gasteiger partial charge < -0.3 is 10.6 Å². The van der Waals surface area contributed by atoms with Crippen molar-refractivity contribution in [2.75, 3.05) is 6.54 Å². The van der Waals surface area contributed by atoms with Gasteiger partial charge in [0.15, 0.2) is 0 Å². The summed E-state index contributed by atoms with van der Waals surface area (Å²) >= 11 is 0. The first-order valence-corrected chi connectivity index (χ1v) is 7.18. The first-order valence-electron chi connectivity index (χ1n) is 7.18. The molecule has 3 N–H and O–H groups in total. The molecule has 1 aliphatic heterocycles. The summed E-state index contributed by atoms with van der Waals surface area (Å²) in [4.78, 5) is 17.4. The molecule has 0 radical (unpaired) electrons. The van der Waals surface area contributed by atoms with Crippen molar-refractivity contribution in [3.05, 3.63) is 47.8 Å². The van der Waals surface area contributed by atoms with Crippen molar-refractivity contribution in [2.24, 2.45) is 5.73 Å². The number of hydrogen-bond donors (Lipinski definition) is 2. The highest BCUT2D eigenvalue weighted by atomic mass is 16.2. The van der Waals surface area contributed by atoms with E-state index in [0.29, 0.717) is 13.1 Å². The molecule has 4 rings (SSSR count). The van der Waals surface area contributed by atoms with Gasteiger partial charge >= 0.3 is 6.03 Å². The minimum Gasteiger partial charge on any atom is -0.351 e. The molecule has 0 fully saturated rings. The van der Waals surface area contributed by atoms with Crippen molar-refractivity contribution >= 4 is 16.9 Å². The molecule has 0 atom stereocenters. The van der Waals surface area contributed by atoms with Crippen molar-refractivity contribution in [3.8, 4) is 11.3 Å². The molecule has 6 heteroatoms. The van der Waals surface area contributed by atoms with Crippen molar-refractivity contribution in [2.45, 2.75) is 13.0 Å². The Bertz CT molecular complexity index is 870. The molecule has 6 nitrogen and oxygen atoms in total. The van der Waals surface area contributed by atoms with E-state index in [0.717, 1.165) is 39.8 Å². The number of hydrogen-bond acceptors (Lipinski definition) is 3. The van der Waals surface area contributed by atoms with E-state index in [2.05, 4.69) is 21.2 Å². The summed E-state index contributed by atoms with van der Waals surface area (Å²) < 4.78 is 0. The van der Waals surface area contributed by atoms with Crippen LogP contribution in [-0.4, -0.2) is 32.7 Å². The number of H-pyrrole nitrogens is 1. The summed E-state index contributed by atoms with van der Waals surface area (Å²) in [6.45, 7) is 1.13. The van der Waals surface area contributed by atoms with E-state index >= 15 is 0 Å². The predicted octanol–water partition coefficient (Wildman–Crippen LogP) is 2.06. The second-order valence-electron chi connectivity index (χ2n) is 5.45. The number of fused-ring (bicyclic) bond motifs is 2. The molecule has 3 heterocycles. The molecule has 0 spiro atoms. The van der Waals surface area contributed by atoms with E-state index in [-0.39, 0.29) is 6.03 Å². The van der Waals surface area contributed by atoms with Gasteiger partial charge in [-0.1, -0.05) is 12.1 Å². The highest BCUT2D eigenvalue weighted by molar-refractivity contribution is 5.84. The maximum atomic E-state index is 11.4. The zero-order valence-electron chi connectivity index (χ0n) is 11.9. The molecular formula is C16H15N5O. The van der Waals surface area contributed by atoms with Crippen LogP contribution in [0, 0.1) is 0 Å². The van der Waals surface area contributed by atoms with Crippen LogP contribution in [0.4, 0.5) is 4.79 Å². The standard InChI is InChI=1S/C16H15N5O/c17-16(22)21-7-5-14-12(9-21)15(20-19-14)11-3-4-13-10(8-11)2-1-6-18-13/h1-4,6,8H,5,7,9H2,(H2,17,22)(H,19,20). The summed E-state index contributed by atoms with van der Waals surface area (Å²) in [6.07, 6.45) is 2.53. The number of benzene rings is 1. The summed E-state index contributed by atoms with van der Waals surface area (Å²) in [5.74, 6) is 0. The Morgan fingerprint density at radius 3 is 3.09 bits per heavy atom. The first-order chi connectivity index (χ1) is 10.7. The van der Waals surface area contributed by atoms with Gasteiger partial charge in [-0.3, -0.25) is 10.1 Å². The van der Waals surface area contributed by atoms with Crippen LogP contribution in [0.1, 0.15) is 11.3 Å². The van der Waals surface area contributed by atoms with Crippen LogP contribution < -0.4 is 5.73 Å². The molecule has 2 amide bonds. The van der Waals surface area contributed by atoms with Crippen LogP contribution in [0.2, 0.25) is 0 Å². The fourth-order valence-corrected chi connectivity index (χ4v) is 2.94. The molecule has 3 aromatic rings. The lowest BCUT2D eigenvalue weighted by Crippen LogP contribution is -2.39. The number of nitrogens with two attached hydrogens (primary N) is 1. The number of nitrogens with one attached hydrogen (secondary N) is 1. The van der Waals surface area contributed by atoms with Gasteiger partial charge in [0.25, 0.3) is 0 Å². The number of aromatic nitrogens is 3. The molecule has 0 saturated carbocycles. The van der Waals surface area contributed by atoms with Gasteiger partial charge in [-0.05, 0) is 18.2 Å². The zero-order chi connectivity index (χ0) is 15.1. The number of urea groups is 1. The minimum atomic E-state index is -0.388. The highest BCUT2D eigenvalue weighted by Gasteiger charge is 2.24. The van der Waals surface area contributed by atoms with Crippen molar-refractivity contribution in [3.63, 3.8) is 0 Å². The molecule has 1 aliphatic rings. The van der Waals surface area contributed by atoms with Gasteiger partial charge in [0.1, 0.15) is 0 Å². The third-order valence-electron chi connectivity index (χ3n) is 4.12. The average molecular weight is 293 g/mol. The maximum absolute atomic E-state index is 11.4. The van der Waals surface area contributed by atoms with E-state index in [9.17, 15) is 4.79 Å². The number of primary amides is 1. The van der Waals surface area contributed by atoms with Crippen LogP contribution in [0.3, 0.4) is 0 Å². The number of amides is 2. The van der Waals surface area contributed by atoms with E-state index < -0.39 is 0 Å². The fraction of sp³-hybridized carbons (Fsp3) is 0.188. The highest BCUT2D eigenvalue weighted by Crippen LogP contribution is 2.29. The maximum Gasteiger partial charge on any atom is 0.315 e. The van der Waals surface area contributed by atoms with Crippen LogP contribution >= 0.6 is 0 Å². The number of rotatable bonds is 1. The SMILES string of the molecule is NC(=O)N1CCc2[nH]nc(-c3ccc4ncccc4c3)c2C1. The summed E-state index contributed by atoms with van der Waals surface area (Å²) in [6, 6.07) is 9.62. The molecule has 22 heavy (non-hydrogen) atoms. The molecule has 0 bridgehead atoms. The third-order valence-corrected chi connectivity index (χ3v) is 4.12. The van der Waals surface area contributed by atoms with Crippen LogP contribution in [0.25, 0.3) is 22.2 Å². The van der Waals surface area contributed by atoms with Gasteiger partial charge in [0.2, 0.25) is 0 Å². The van der Waals surface area contributed by atoms with Crippen LogP contribution in [-0.2, 0) is 13.0 Å². The topological polar surface area (TPSA) is 87.9 Å². The van der Waals surface area contributed by atoms with Crippen molar-refractivity contribution < 1.29 is 4.79 Å². The normalized spacial score (nSPS) is 14.1. The monoisotopic (exact) mass is 293 g/mol. The van der Waals surface area contributed by atoms with Crippen molar-refractivity contribution in [1.29, 1.82) is 0 Å². The fourth-order valence-electron chi connectivity index (χ4n) is 2.94. The number of carbonyl (C=O) groups excluding carboxylic acids is 1. The largest absolute Gasteiger partial charge is 0.351 e. The zero-order valence-corrected chi connectivity index (χ0v) is 11.9. The van der Waals surface area contributed by atoms with Gasteiger partial charge in [-0.2, -0.15) is 5.10 Å². The Morgan fingerprint density at radius 2 is 2.23 bits per heavy atom. The van der Waals surface area contributed by atoms with Crippen molar-refractivity contribution in [1.82, 2.24) is 20.1 Å². The van der Waals surface area contributed by atoms with E-state index in [1.165, 1.54) is 0 Å². The Morgan fingerprint density at radius 1 is 1.32 bits per heavy atom. The van der Waals surface area contributed by atoms with Gasteiger partial charge in [0.05, 0.1) is 17.8 Å². The molecule has 0 aliphatic carbocycles. The second kappa shape index (κ2) is 4.84. The Balaban J connectivity index is 1.79. The summed E-state index contributed by atoms with van der Waals surface area (Å²) in [5.41, 5.74) is 10.4. The summed E-state index contributed by atoms with van der Waals surface area (Å²) in [5, 5.41) is 8.60. The van der Waals surface area contributed by atoms with Crippen LogP contribution in [0.5, 0.6) is 0 Å². The number of nitrogens with zero attached hydrogens (tertiary/aromatic N) is 3. The smallest absolute Gasteiger partial charge is 0.315 e. The minimum absolute atomic E-state index is 0.388. The number of pyridine rings is 1. The lowest BCUT2D eigenvalue weighted by atomic mass is 10.00. The quantitative estimate of drug-likeness (QED) is 0.720. The molecule has 2 aromatic heterocycles. The Kier molecular flexibility index (Phi) is 2.82. The third kappa shape index (κ3) is 2.00. The number of aromatic amines is 1. The van der Waals surface area contributed by atoms with Crippen LogP contribution in [0.15, 0.2) is 36.5 Å².